The third-order valence-corrected chi connectivity index (χ3v) is 2.07. The Morgan fingerprint density at radius 2 is 2.19 bits per heavy atom. The second-order valence-corrected chi connectivity index (χ2v) is 3.94. The van der Waals surface area contributed by atoms with Gasteiger partial charge in [0.1, 0.15) is 12.4 Å². The molecule has 90 valence electrons. The highest BCUT2D eigenvalue weighted by molar-refractivity contribution is 5.36. The summed E-state index contributed by atoms with van der Waals surface area (Å²) < 4.78 is 5.54. The molecule has 4 nitrogen and oxygen atoms in total. The maximum absolute atomic E-state index is 5.54. The molecule has 0 bridgehead atoms. The Labute approximate surface area is 97.6 Å². The molecule has 0 amide bonds. The van der Waals surface area contributed by atoms with Crippen molar-refractivity contribution < 1.29 is 4.74 Å². The van der Waals surface area contributed by atoms with Gasteiger partial charge in [0, 0.05) is 19.2 Å². The maximum atomic E-state index is 5.54. The van der Waals surface area contributed by atoms with Gasteiger partial charge in [0.25, 0.3) is 0 Å². The molecular weight excluding hydrogens is 202 g/mol. The Morgan fingerprint density at radius 3 is 2.88 bits per heavy atom. The summed E-state index contributed by atoms with van der Waals surface area (Å²) in [5.74, 6) is 1.56. The van der Waals surface area contributed by atoms with Gasteiger partial charge in [-0.2, -0.15) is 4.98 Å². The molecule has 1 aromatic heterocycles. The van der Waals surface area contributed by atoms with Crippen LogP contribution in [0.25, 0.3) is 0 Å². The summed E-state index contributed by atoms with van der Waals surface area (Å²) in [6, 6.07) is 5.79. The van der Waals surface area contributed by atoms with Crippen molar-refractivity contribution in [1.29, 1.82) is 0 Å². The highest BCUT2D eigenvalue weighted by Gasteiger charge is 1.98. The summed E-state index contributed by atoms with van der Waals surface area (Å²) in [7, 11) is 4.05. The molecule has 0 aliphatic rings. The molecule has 0 saturated heterocycles. The fourth-order valence-corrected chi connectivity index (χ4v) is 1.18. The lowest BCUT2D eigenvalue weighted by molar-refractivity contribution is 0.254. The number of hydrogen-bond donors (Lipinski definition) is 1. The number of ether oxygens (including phenoxy) is 1. The second-order valence-electron chi connectivity index (χ2n) is 3.94. The van der Waals surface area contributed by atoms with E-state index in [0.29, 0.717) is 12.5 Å². The third-order valence-electron chi connectivity index (χ3n) is 2.07. The van der Waals surface area contributed by atoms with E-state index in [9.17, 15) is 0 Å². The summed E-state index contributed by atoms with van der Waals surface area (Å²) >= 11 is 0. The molecule has 0 atom stereocenters. The molecule has 0 aromatic carbocycles. The van der Waals surface area contributed by atoms with Crippen LogP contribution in [0.3, 0.4) is 0 Å². The Bertz CT molecular complexity index is 302. The minimum Gasteiger partial charge on any atom is -0.476 e. The standard InChI is InChI=1S/C12H21N3O/c1-4-8-13-11-6-5-7-12(14-11)16-10-9-15(2)3/h5-7H,4,8-10H2,1-3H3,(H,13,14). The lowest BCUT2D eigenvalue weighted by Gasteiger charge is -2.11. The molecule has 0 radical (unpaired) electrons. The smallest absolute Gasteiger partial charge is 0.215 e. The number of anilines is 1. The molecule has 0 unspecified atom stereocenters. The average molecular weight is 223 g/mol. The monoisotopic (exact) mass is 223 g/mol. The van der Waals surface area contributed by atoms with Gasteiger partial charge in [0.15, 0.2) is 0 Å². The van der Waals surface area contributed by atoms with Gasteiger partial charge in [-0.3, -0.25) is 0 Å². The van der Waals surface area contributed by atoms with E-state index in [-0.39, 0.29) is 0 Å². The van der Waals surface area contributed by atoms with Crippen molar-refractivity contribution in [3.05, 3.63) is 18.2 Å². The van der Waals surface area contributed by atoms with E-state index in [1.165, 1.54) is 0 Å². The van der Waals surface area contributed by atoms with Gasteiger partial charge in [-0.1, -0.05) is 13.0 Å². The Morgan fingerprint density at radius 1 is 1.38 bits per heavy atom. The van der Waals surface area contributed by atoms with Gasteiger partial charge in [-0.05, 0) is 26.6 Å². The molecule has 1 rings (SSSR count). The number of aromatic nitrogens is 1. The lowest BCUT2D eigenvalue weighted by Crippen LogP contribution is -2.19. The maximum Gasteiger partial charge on any atom is 0.215 e. The predicted molar refractivity (Wildman–Crippen MR) is 67.1 cm³/mol. The summed E-state index contributed by atoms with van der Waals surface area (Å²) in [5, 5.41) is 3.23. The van der Waals surface area contributed by atoms with Crippen LogP contribution in [0.1, 0.15) is 13.3 Å². The number of nitrogens with zero attached hydrogens (tertiary/aromatic N) is 2. The van der Waals surface area contributed by atoms with Gasteiger partial charge in [0.05, 0.1) is 0 Å². The molecule has 0 fully saturated rings. The number of rotatable bonds is 7. The van der Waals surface area contributed by atoms with Gasteiger partial charge in [-0.15, -0.1) is 0 Å². The molecule has 4 heteroatoms. The highest BCUT2D eigenvalue weighted by atomic mass is 16.5. The first kappa shape index (κ1) is 12.8. The zero-order valence-corrected chi connectivity index (χ0v) is 10.4. The van der Waals surface area contributed by atoms with Crippen molar-refractivity contribution in [1.82, 2.24) is 9.88 Å². The van der Waals surface area contributed by atoms with E-state index in [0.717, 1.165) is 25.3 Å². The Kier molecular flexibility index (Phi) is 5.64. The highest BCUT2D eigenvalue weighted by Crippen LogP contribution is 2.11. The first-order valence-electron chi connectivity index (χ1n) is 5.71. The zero-order chi connectivity index (χ0) is 11.8. The topological polar surface area (TPSA) is 37.4 Å². The normalized spacial score (nSPS) is 10.5. The minimum atomic E-state index is 0.664. The van der Waals surface area contributed by atoms with Crippen LogP contribution in [0.4, 0.5) is 5.82 Å². The van der Waals surface area contributed by atoms with E-state index in [1.54, 1.807) is 0 Å². The molecule has 16 heavy (non-hydrogen) atoms. The summed E-state index contributed by atoms with van der Waals surface area (Å²) in [4.78, 5) is 6.44. The summed E-state index contributed by atoms with van der Waals surface area (Å²) in [5.41, 5.74) is 0. The SMILES string of the molecule is CCCNc1cccc(OCCN(C)C)n1. The fourth-order valence-electron chi connectivity index (χ4n) is 1.18. The fraction of sp³-hybridized carbons (Fsp3) is 0.583. The van der Waals surface area contributed by atoms with Gasteiger partial charge >= 0.3 is 0 Å². The predicted octanol–water partition coefficient (Wildman–Crippen LogP) is 1.84. The van der Waals surface area contributed by atoms with Crippen molar-refractivity contribution in [3.63, 3.8) is 0 Å². The molecule has 1 N–H and O–H groups in total. The van der Waals surface area contributed by atoms with E-state index in [4.69, 9.17) is 4.74 Å². The first-order valence-corrected chi connectivity index (χ1v) is 5.71. The van der Waals surface area contributed by atoms with Crippen molar-refractivity contribution in [2.24, 2.45) is 0 Å². The minimum absolute atomic E-state index is 0.664. The van der Waals surface area contributed by atoms with Crippen molar-refractivity contribution in [2.75, 3.05) is 39.1 Å². The summed E-state index contributed by atoms with van der Waals surface area (Å²) in [6.45, 7) is 4.63. The van der Waals surface area contributed by atoms with Crippen LogP contribution in [0.15, 0.2) is 18.2 Å². The molecule has 0 aliphatic carbocycles. The zero-order valence-electron chi connectivity index (χ0n) is 10.4. The molecule has 0 aliphatic heterocycles. The van der Waals surface area contributed by atoms with Crippen LogP contribution in [0.2, 0.25) is 0 Å². The second kappa shape index (κ2) is 7.06. The number of pyridine rings is 1. The molecule has 1 aromatic rings. The van der Waals surface area contributed by atoms with Crippen molar-refractivity contribution in [2.45, 2.75) is 13.3 Å². The van der Waals surface area contributed by atoms with Gasteiger partial charge in [0.2, 0.25) is 5.88 Å². The van der Waals surface area contributed by atoms with Crippen LogP contribution in [0.5, 0.6) is 5.88 Å². The number of hydrogen-bond acceptors (Lipinski definition) is 4. The van der Waals surface area contributed by atoms with Gasteiger partial charge < -0.3 is 15.0 Å². The van der Waals surface area contributed by atoms with Crippen LogP contribution in [0, 0.1) is 0 Å². The van der Waals surface area contributed by atoms with Crippen LogP contribution < -0.4 is 10.1 Å². The van der Waals surface area contributed by atoms with Crippen LogP contribution in [-0.2, 0) is 0 Å². The van der Waals surface area contributed by atoms with E-state index in [1.807, 2.05) is 32.3 Å². The quantitative estimate of drug-likeness (QED) is 0.765. The van der Waals surface area contributed by atoms with E-state index < -0.39 is 0 Å². The Hall–Kier alpha value is -1.29. The Balaban J connectivity index is 2.40. The number of likely N-dealkylation sites (N-methyl/N-ethyl adjacent to an activating group) is 1. The average Bonchev–Trinajstić information content (AvgIpc) is 2.26. The molecule has 0 saturated carbocycles. The lowest BCUT2D eigenvalue weighted by atomic mass is 10.4. The molecule has 0 spiro atoms. The van der Waals surface area contributed by atoms with Crippen molar-refractivity contribution >= 4 is 5.82 Å². The van der Waals surface area contributed by atoms with E-state index in [2.05, 4.69) is 22.1 Å². The van der Waals surface area contributed by atoms with Gasteiger partial charge in [-0.25, -0.2) is 0 Å². The molecule has 1 heterocycles. The van der Waals surface area contributed by atoms with Crippen LogP contribution >= 0.6 is 0 Å². The third kappa shape index (κ3) is 4.98. The van der Waals surface area contributed by atoms with Crippen molar-refractivity contribution in [3.8, 4) is 5.88 Å². The molecular formula is C12H21N3O. The first-order chi connectivity index (χ1) is 7.72. The summed E-state index contributed by atoms with van der Waals surface area (Å²) in [6.07, 6.45) is 1.09. The van der Waals surface area contributed by atoms with E-state index >= 15 is 0 Å². The number of nitrogens with one attached hydrogen (secondary N) is 1. The van der Waals surface area contributed by atoms with Crippen LogP contribution in [-0.4, -0.2) is 43.7 Å². The largest absolute Gasteiger partial charge is 0.476 e.